The van der Waals surface area contributed by atoms with Crippen molar-refractivity contribution in [1.82, 2.24) is 5.32 Å². The summed E-state index contributed by atoms with van der Waals surface area (Å²) in [7, 11) is 0. The highest BCUT2D eigenvalue weighted by molar-refractivity contribution is 7.80. The van der Waals surface area contributed by atoms with E-state index in [1.807, 2.05) is 43.3 Å². The highest BCUT2D eigenvalue weighted by Gasteiger charge is 2.20. The predicted octanol–water partition coefficient (Wildman–Crippen LogP) is 5.66. The fourth-order valence-electron chi connectivity index (χ4n) is 3.41. The first-order valence-corrected chi connectivity index (χ1v) is 11.8. The summed E-state index contributed by atoms with van der Waals surface area (Å²) in [5.41, 5.74) is 2.17. The molecule has 0 bridgehead atoms. The van der Waals surface area contributed by atoms with E-state index in [0.29, 0.717) is 35.7 Å². The maximum absolute atomic E-state index is 13.3. The predicted molar refractivity (Wildman–Crippen MR) is 141 cm³/mol. The Labute approximate surface area is 205 Å². The van der Waals surface area contributed by atoms with Crippen molar-refractivity contribution in [2.45, 2.75) is 26.7 Å². The van der Waals surface area contributed by atoms with Gasteiger partial charge in [0.25, 0.3) is 11.8 Å². The summed E-state index contributed by atoms with van der Waals surface area (Å²) in [6.07, 6.45) is 1.90. The van der Waals surface area contributed by atoms with Crippen molar-refractivity contribution in [2.24, 2.45) is 0 Å². The van der Waals surface area contributed by atoms with Gasteiger partial charge in [0.2, 0.25) is 0 Å². The lowest BCUT2D eigenvalue weighted by Crippen LogP contribution is -2.36. The van der Waals surface area contributed by atoms with Crippen LogP contribution < -0.4 is 20.3 Å². The average molecular weight is 476 g/mol. The Kier molecular flexibility index (Phi) is 9.17. The van der Waals surface area contributed by atoms with Crippen molar-refractivity contribution in [3.8, 4) is 5.75 Å². The Balaban J connectivity index is 1.73. The topological polar surface area (TPSA) is 70.7 Å². The third-order valence-corrected chi connectivity index (χ3v) is 5.35. The fraction of sp³-hybridized carbons (Fsp3) is 0.222. The second kappa shape index (κ2) is 12.5. The minimum Gasteiger partial charge on any atom is -0.493 e. The third-order valence-electron chi connectivity index (χ3n) is 5.15. The SMILES string of the molecule is CCCCOc1ccccc1C(=O)NC(=S)Nc1ccccc1C(=O)N(CC)c1ccccc1. The molecule has 2 amide bonds. The molecule has 0 saturated carbocycles. The zero-order chi connectivity index (χ0) is 24.3. The lowest BCUT2D eigenvalue weighted by molar-refractivity contribution is 0.0970. The number of carbonyl (C=O) groups is 2. The molecule has 0 fully saturated rings. The Morgan fingerprint density at radius 1 is 0.882 bits per heavy atom. The number of nitrogens with zero attached hydrogens (tertiary/aromatic N) is 1. The van der Waals surface area contributed by atoms with Gasteiger partial charge in [0.05, 0.1) is 23.4 Å². The number of thiocarbonyl (C=S) groups is 1. The van der Waals surface area contributed by atoms with Gasteiger partial charge in [-0.1, -0.05) is 55.8 Å². The van der Waals surface area contributed by atoms with Gasteiger partial charge in [-0.05, 0) is 62.0 Å². The molecule has 0 spiro atoms. The van der Waals surface area contributed by atoms with E-state index in [0.717, 1.165) is 18.5 Å². The van der Waals surface area contributed by atoms with Gasteiger partial charge in [0.1, 0.15) is 5.75 Å². The largest absolute Gasteiger partial charge is 0.493 e. The number of benzene rings is 3. The minimum absolute atomic E-state index is 0.0939. The molecule has 3 aromatic carbocycles. The molecule has 3 rings (SSSR count). The van der Waals surface area contributed by atoms with Crippen LogP contribution in [0.3, 0.4) is 0 Å². The summed E-state index contributed by atoms with van der Waals surface area (Å²) in [6.45, 7) is 5.04. The molecule has 0 unspecified atom stereocenters. The molecule has 3 aromatic rings. The molecule has 0 aromatic heterocycles. The quantitative estimate of drug-likeness (QED) is 0.309. The summed E-state index contributed by atoms with van der Waals surface area (Å²) in [5.74, 6) is -0.0400. The first-order valence-electron chi connectivity index (χ1n) is 11.3. The van der Waals surface area contributed by atoms with E-state index in [1.54, 1.807) is 47.4 Å². The standard InChI is InChI=1S/C27H29N3O3S/c1-3-5-19-33-24-18-12-10-16-22(24)25(31)29-27(34)28-23-17-11-9-15-21(23)26(32)30(4-2)20-13-7-6-8-14-20/h6-18H,3-5,19H2,1-2H3,(H2,28,29,31,34). The molecular weight excluding hydrogens is 446 g/mol. The molecule has 0 atom stereocenters. The Hall–Kier alpha value is -3.71. The molecule has 34 heavy (non-hydrogen) atoms. The summed E-state index contributed by atoms with van der Waals surface area (Å²) in [6, 6.07) is 23.6. The van der Waals surface area contributed by atoms with Gasteiger partial charge in [-0.25, -0.2) is 0 Å². The van der Waals surface area contributed by atoms with Gasteiger partial charge in [-0.15, -0.1) is 0 Å². The maximum atomic E-state index is 13.3. The van der Waals surface area contributed by atoms with Gasteiger partial charge in [0.15, 0.2) is 5.11 Å². The van der Waals surface area contributed by atoms with Crippen LogP contribution in [0.5, 0.6) is 5.75 Å². The monoisotopic (exact) mass is 475 g/mol. The van der Waals surface area contributed by atoms with E-state index in [9.17, 15) is 9.59 Å². The zero-order valence-corrected chi connectivity index (χ0v) is 20.2. The van der Waals surface area contributed by atoms with Gasteiger partial charge in [0, 0.05) is 12.2 Å². The van der Waals surface area contributed by atoms with E-state index in [2.05, 4.69) is 17.6 Å². The number of unbranched alkanes of at least 4 members (excludes halogenated alkanes) is 1. The normalized spacial score (nSPS) is 10.3. The second-order valence-electron chi connectivity index (χ2n) is 7.54. The van der Waals surface area contributed by atoms with E-state index >= 15 is 0 Å². The molecule has 2 N–H and O–H groups in total. The maximum Gasteiger partial charge on any atom is 0.261 e. The zero-order valence-electron chi connectivity index (χ0n) is 19.4. The van der Waals surface area contributed by atoms with Gasteiger partial charge in [-0.2, -0.15) is 0 Å². The van der Waals surface area contributed by atoms with Crippen LogP contribution in [-0.2, 0) is 0 Å². The molecule has 0 heterocycles. The molecule has 0 aliphatic rings. The van der Waals surface area contributed by atoms with Crippen LogP contribution in [0.15, 0.2) is 78.9 Å². The number of ether oxygens (including phenoxy) is 1. The number of para-hydroxylation sites is 3. The Morgan fingerprint density at radius 2 is 1.53 bits per heavy atom. The van der Waals surface area contributed by atoms with Crippen molar-refractivity contribution < 1.29 is 14.3 Å². The van der Waals surface area contributed by atoms with Crippen LogP contribution in [0.4, 0.5) is 11.4 Å². The van der Waals surface area contributed by atoms with Crippen LogP contribution in [0.1, 0.15) is 47.4 Å². The molecule has 0 saturated heterocycles. The van der Waals surface area contributed by atoms with Gasteiger partial charge < -0.3 is 15.0 Å². The first-order chi connectivity index (χ1) is 16.5. The van der Waals surface area contributed by atoms with Crippen molar-refractivity contribution >= 4 is 40.5 Å². The molecular formula is C27H29N3O3S. The number of hydrogen-bond donors (Lipinski definition) is 2. The van der Waals surface area contributed by atoms with Gasteiger partial charge >= 0.3 is 0 Å². The number of rotatable bonds is 9. The second-order valence-corrected chi connectivity index (χ2v) is 7.95. The molecule has 0 radical (unpaired) electrons. The fourth-order valence-corrected chi connectivity index (χ4v) is 3.61. The van der Waals surface area contributed by atoms with E-state index in [4.69, 9.17) is 17.0 Å². The number of anilines is 2. The van der Waals surface area contributed by atoms with Crippen molar-refractivity contribution in [2.75, 3.05) is 23.4 Å². The summed E-state index contributed by atoms with van der Waals surface area (Å²) < 4.78 is 5.76. The minimum atomic E-state index is -0.382. The number of nitrogens with one attached hydrogen (secondary N) is 2. The van der Waals surface area contributed by atoms with E-state index in [1.165, 1.54) is 0 Å². The number of amides is 2. The van der Waals surface area contributed by atoms with Crippen molar-refractivity contribution in [3.05, 3.63) is 90.0 Å². The van der Waals surface area contributed by atoms with Crippen molar-refractivity contribution in [3.63, 3.8) is 0 Å². The number of hydrogen-bond acceptors (Lipinski definition) is 4. The average Bonchev–Trinajstić information content (AvgIpc) is 2.86. The summed E-state index contributed by atoms with van der Waals surface area (Å²) in [5, 5.41) is 5.79. The Morgan fingerprint density at radius 3 is 2.24 bits per heavy atom. The Bertz CT molecular complexity index is 1130. The molecule has 0 aliphatic heterocycles. The molecule has 176 valence electrons. The first kappa shape index (κ1) is 24.9. The van der Waals surface area contributed by atoms with Crippen LogP contribution >= 0.6 is 12.2 Å². The van der Waals surface area contributed by atoms with Crippen LogP contribution in [0, 0.1) is 0 Å². The molecule has 6 nitrogen and oxygen atoms in total. The lowest BCUT2D eigenvalue weighted by Gasteiger charge is -2.23. The van der Waals surface area contributed by atoms with E-state index < -0.39 is 0 Å². The van der Waals surface area contributed by atoms with Gasteiger partial charge in [-0.3, -0.25) is 14.9 Å². The van der Waals surface area contributed by atoms with Crippen molar-refractivity contribution in [1.29, 1.82) is 0 Å². The molecule has 0 aliphatic carbocycles. The highest BCUT2D eigenvalue weighted by Crippen LogP contribution is 2.22. The summed E-state index contributed by atoms with van der Waals surface area (Å²) in [4.78, 5) is 27.9. The highest BCUT2D eigenvalue weighted by atomic mass is 32.1. The van der Waals surface area contributed by atoms with E-state index in [-0.39, 0.29) is 16.9 Å². The summed E-state index contributed by atoms with van der Waals surface area (Å²) >= 11 is 5.39. The smallest absolute Gasteiger partial charge is 0.261 e. The lowest BCUT2D eigenvalue weighted by atomic mass is 10.1. The number of carbonyl (C=O) groups excluding carboxylic acids is 2. The van der Waals surface area contributed by atoms with Crippen LogP contribution in [0.2, 0.25) is 0 Å². The molecule has 7 heteroatoms. The van der Waals surface area contributed by atoms with Crippen LogP contribution in [0.25, 0.3) is 0 Å². The third kappa shape index (κ3) is 6.42. The van der Waals surface area contributed by atoms with Crippen LogP contribution in [-0.4, -0.2) is 30.1 Å².